The van der Waals surface area contributed by atoms with Crippen molar-refractivity contribution in [1.82, 2.24) is 0 Å². The Kier molecular flexibility index (Phi) is 6.57. The lowest BCUT2D eigenvalue weighted by Crippen LogP contribution is -2.26. The summed E-state index contributed by atoms with van der Waals surface area (Å²) in [7, 11) is 1.68. The molecule has 29 heavy (non-hydrogen) atoms. The Morgan fingerprint density at radius 2 is 1.66 bits per heavy atom. The summed E-state index contributed by atoms with van der Waals surface area (Å²) in [4.78, 5) is 24.6. The summed E-state index contributed by atoms with van der Waals surface area (Å²) in [5.41, 5.74) is 2.82. The molecule has 0 spiro atoms. The number of anilines is 1. The van der Waals surface area contributed by atoms with Gasteiger partial charge >= 0.3 is 5.97 Å². The van der Waals surface area contributed by atoms with Crippen molar-refractivity contribution < 1.29 is 19.1 Å². The standard InChI is InChI=1S/C24H29NO4/c1-4-29-23(27)17-8-11-19(12-9-17)25-22(26)18-10-13-21(28-3)20(16-18)24(2)14-6-5-7-15-24/h8-13,16H,4-7,14-15H2,1-3H3,(H,25,26). The summed E-state index contributed by atoms with van der Waals surface area (Å²) < 4.78 is 10.6. The maximum atomic E-state index is 12.8. The van der Waals surface area contributed by atoms with E-state index in [0.29, 0.717) is 23.4 Å². The van der Waals surface area contributed by atoms with Gasteiger partial charge in [0.15, 0.2) is 0 Å². The molecule has 1 saturated carbocycles. The highest BCUT2D eigenvalue weighted by Crippen LogP contribution is 2.43. The van der Waals surface area contributed by atoms with E-state index in [1.807, 2.05) is 12.1 Å². The highest BCUT2D eigenvalue weighted by atomic mass is 16.5. The van der Waals surface area contributed by atoms with E-state index >= 15 is 0 Å². The van der Waals surface area contributed by atoms with Crippen LogP contribution in [0, 0.1) is 0 Å². The lowest BCUT2D eigenvalue weighted by Gasteiger charge is -2.35. The van der Waals surface area contributed by atoms with Gasteiger partial charge < -0.3 is 14.8 Å². The number of ether oxygens (including phenoxy) is 2. The van der Waals surface area contributed by atoms with Gasteiger partial charge in [-0.2, -0.15) is 0 Å². The van der Waals surface area contributed by atoms with Crippen LogP contribution < -0.4 is 10.1 Å². The molecule has 2 aromatic carbocycles. The van der Waals surface area contributed by atoms with Crippen molar-refractivity contribution in [3.63, 3.8) is 0 Å². The van der Waals surface area contributed by atoms with Crippen molar-refractivity contribution >= 4 is 17.6 Å². The van der Waals surface area contributed by atoms with Gasteiger partial charge in [0.1, 0.15) is 5.75 Å². The van der Waals surface area contributed by atoms with Crippen LogP contribution in [0.5, 0.6) is 5.75 Å². The number of hydrogen-bond donors (Lipinski definition) is 1. The maximum absolute atomic E-state index is 12.8. The number of benzene rings is 2. The predicted molar refractivity (Wildman–Crippen MR) is 114 cm³/mol. The number of esters is 1. The average Bonchev–Trinajstić information content (AvgIpc) is 2.74. The summed E-state index contributed by atoms with van der Waals surface area (Å²) >= 11 is 0. The Hall–Kier alpha value is -2.82. The van der Waals surface area contributed by atoms with Crippen molar-refractivity contribution in [3.8, 4) is 5.75 Å². The van der Waals surface area contributed by atoms with Crippen LogP contribution in [0.1, 0.15) is 72.2 Å². The second kappa shape index (κ2) is 9.12. The van der Waals surface area contributed by atoms with E-state index < -0.39 is 0 Å². The van der Waals surface area contributed by atoms with Crippen molar-refractivity contribution in [3.05, 3.63) is 59.2 Å². The van der Waals surface area contributed by atoms with Crippen molar-refractivity contribution in [2.24, 2.45) is 0 Å². The molecule has 0 radical (unpaired) electrons. The van der Waals surface area contributed by atoms with Crippen LogP contribution in [0.2, 0.25) is 0 Å². The van der Waals surface area contributed by atoms with Crippen LogP contribution in [0.25, 0.3) is 0 Å². The molecule has 0 aliphatic heterocycles. The first-order chi connectivity index (χ1) is 14.0. The number of methoxy groups -OCH3 is 1. The first-order valence-corrected chi connectivity index (χ1v) is 10.2. The molecule has 154 valence electrons. The Morgan fingerprint density at radius 3 is 2.28 bits per heavy atom. The molecule has 3 rings (SSSR count). The molecule has 0 unspecified atom stereocenters. The molecule has 0 aromatic heterocycles. The maximum Gasteiger partial charge on any atom is 0.338 e. The molecular weight excluding hydrogens is 366 g/mol. The van der Waals surface area contributed by atoms with Crippen LogP contribution >= 0.6 is 0 Å². The number of nitrogens with one attached hydrogen (secondary N) is 1. The number of hydrogen-bond acceptors (Lipinski definition) is 4. The minimum Gasteiger partial charge on any atom is -0.496 e. The van der Waals surface area contributed by atoms with Crippen LogP contribution in [0.4, 0.5) is 5.69 Å². The molecule has 0 saturated heterocycles. The second-order valence-corrected chi connectivity index (χ2v) is 7.79. The van der Waals surface area contributed by atoms with Crippen molar-refractivity contribution in [2.75, 3.05) is 19.0 Å². The summed E-state index contributed by atoms with van der Waals surface area (Å²) in [6, 6.07) is 12.3. The van der Waals surface area contributed by atoms with Gasteiger partial charge in [0.05, 0.1) is 19.3 Å². The molecule has 1 fully saturated rings. The number of carbonyl (C=O) groups excluding carboxylic acids is 2. The van der Waals surface area contributed by atoms with Gasteiger partial charge in [0.2, 0.25) is 0 Å². The van der Waals surface area contributed by atoms with E-state index in [1.54, 1.807) is 44.4 Å². The number of rotatable bonds is 6. The van der Waals surface area contributed by atoms with E-state index in [1.165, 1.54) is 19.3 Å². The van der Waals surface area contributed by atoms with Crippen LogP contribution in [0.3, 0.4) is 0 Å². The van der Waals surface area contributed by atoms with Crippen molar-refractivity contribution in [1.29, 1.82) is 0 Å². The Morgan fingerprint density at radius 1 is 1.00 bits per heavy atom. The van der Waals surface area contributed by atoms with Crippen LogP contribution in [-0.4, -0.2) is 25.6 Å². The van der Waals surface area contributed by atoms with E-state index in [0.717, 1.165) is 24.2 Å². The third-order valence-electron chi connectivity index (χ3n) is 5.72. The number of carbonyl (C=O) groups is 2. The monoisotopic (exact) mass is 395 g/mol. The molecule has 1 amide bonds. The third-order valence-corrected chi connectivity index (χ3v) is 5.72. The van der Waals surface area contributed by atoms with Gasteiger partial charge in [-0.1, -0.05) is 26.2 Å². The minimum absolute atomic E-state index is 0.0289. The van der Waals surface area contributed by atoms with E-state index in [2.05, 4.69) is 12.2 Å². The van der Waals surface area contributed by atoms with Crippen molar-refractivity contribution in [2.45, 2.75) is 51.4 Å². The largest absolute Gasteiger partial charge is 0.496 e. The fourth-order valence-electron chi connectivity index (χ4n) is 4.03. The molecule has 1 aliphatic carbocycles. The zero-order valence-corrected chi connectivity index (χ0v) is 17.4. The molecular formula is C24H29NO4. The zero-order chi connectivity index (χ0) is 20.9. The molecule has 1 aliphatic rings. The minimum atomic E-state index is -0.370. The SMILES string of the molecule is CCOC(=O)c1ccc(NC(=O)c2ccc(OC)c(C3(C)CCCCC3)c2)cc1. The van der Waals surface area contributed by atoms with Gasteiger partial charge in [0.25, 0.3) is 5.91 Å². The first kappa shape index (κ1) is 20.9. The lowest BCUT2D eigenvalue weighted by atomic mass is 9.70. The average molecular weight is 395 g/mol. The quantitative estimate of drug-likeness (QED) is 0.670. The van der Waals surface area contributed by atoms with Gasteiger partial charge in [-0.25, -0.2) is 4.79 Å². The Bertz CT molecular complexity index is 867. The normalized spacial score (nSPS) is 15.4. The molecule has 2 aromatic rings. The molecule has 0 heterocycles. The Balaban J connectivity index is 1.79. The van der Waals surface area contributed by atoms with E-state index in [-0.39, 0.29) is 17.3 Å². The highest BCUT2D eigenvalue weighted by molar-refractivity contribution is 6.04. The van der Waals surface area contributed by atoms with Gasteiger partial charge in [-0.3, -0.25) is 4.79 Å². The Labute approximate surface area is 172 Å². The van der Waals surface area contributed by atoms with Gasteiger partial charge in [-0.15, -0.1) is 0 Å². The van der Waals surface area contributed by atoms with Gasteiger partial charge in [0, 0.05) is 16.8 Å². The second-order valence-electron chi connectivity index (χ2n) is 7.79. The summed E-state index contributed by atoms with van der Waals surface area (Å²) in [5.74, 6) is 0.285. The first-order valence-electron chi connectivity index (χ1n) is 10.2. The predicted octanol–water partition coefficient (Wildman–Crippen LogP) is 5.35. The molecule has 0 bridgehead atoms. The van der Waals surface area contributed by atoms with Gasteiger partial charge in [-0.05, 0) is 67.6 Å². The van der Waals surface area contributed by atoms with E-state index in [4.69, 9.17) is 9.47 Å². The summed E-state index contributed by atoms with van der Waals surface area (Å²) in [5, 5.41) is 2.90. The fraction of sp³-hybridized carbons (Fsp3) is 0.417. The molecule has 5 nitrogen and oxygen atoms in total. The van der Waals surface area contributed by atoms with Crippen LogP contribution in [0.15, 0.2) is 42.5 Å². The zero-order valence-electron chi connectivity index (χ0n) is 17.4. The number of amides is 1. The molecule has 0 atom stereocenters. The van der Waals surface area contributed by atoms with Crippen LogP contribution in [-0.2, 0) is 10.2 Å². The van der Waals surface area contributed by atoms with E-state index in [9.17, 15) is 9.59 Å². The lowest BCUT2D eigenvalue weighted by molar-refractivity contribution is 0.0526. The topological polar surface area (TPSA) is 64.6 Å². The third kappa shape index (κ3) is 4.78. The molecule has 1 N–H and O–H groups in total. The summed E-state index contributed by atoms with van der Waals surface area (Å²) in [6.45, 7) is 4.36. The smallest absolute Gasteiger partial charge is 0.338 e. The highest BCUT2D eigenvalue weighted by Gasteiger charge is 2.32. The summed E-state index contributed by atoms with van der Waals surface area (Å²) in [6.07, 6.45) is 5.86. The fourth-order valence-corrected chi connectivity index (χ4v) is 4.03. The molecule has 5 heteroatoms.